The number of nitrogens with zero attached hydrogens (tertiary/aromatic N) is 4. The van der Waals surface area contributed by atoms with Crippen molar-refractivity contribution in [1.82, 2.24) is 0 Å². The van der Waals surface area contributed by atoms with Gasteiger partial charge in [-0.25, -0.2) is 0 Å². The molecule has 0 N–H and O–H groups in total. The summed E-state index contributed by atoms with van der Waals surface area (Å²) in [5, 5.41) is 48.3. The van der Waals surface area contributed by atoms with Crippen molar-refractivity contribution in [2.45, 2.75) is 69.1 Å². The highest BCUT2D eigenvalue weighted by molar-refractivity contribution is 6.01. The summed E-state index contributed by atoms with van der Waals surface area (Å²) in [4.78, 5) is 0. The number of rotatable bonds is 0. The standard InChI is InChI=1S/C56H36N4/c57-25-49-41-5-1-3-7-43(41)51(27-59)55-47-24-48-40-20-38-18-36-16-34-14-33-15-35-17-37(19-39(47)21-40)45(53(49)55)22-31(35)11-9-29(33)13-30(34)10-12-32(36)23-46(38)54-50(26-58)42-6-2-4-8-44(42)52(28-60)56(48)54/h1-12,14,17-18,21,29,45-47H,13,15-16,19-20,22-24H2. The van der Waals surface area contributed by atoms with E-state index in [0.29, 0.717) is 34.6 Å². The lowest BCUT2D eigenvalue weighted by Crippen LogP contribution is -2.16. The Bertz CT molecular complexity index is 3360. The molecule has 13 rings (SSSR count). The molecule has 60 heavy (non-hydrogen) atoms. The van der Waals surface area contributed by atoms with E-state index >= 15 is 0 Å². The first-order chi connectivity index (χ1) is 29.5. The Kier molecular flexibility index (Phi) is 6.83. The molecular weight excluding hydrogens is 729 g/mol. The van der Waals surface area contributed by atoms with Crippen LogP contribution >= 0.6 is 0 Å². The fourth-order valence-electron chi connectivity index (χ4n) is 12.9. The van der Waals surface area contributed by atoms with Gasteiger partial charge in [0.05, 0.1) is 22.3 Å². The van der Waals surface area contributed by atoms with E-state index in [2.05, 4.69) is 72.9 Å². The van der Waals surface area contributed by atoms with E-state index in [1.807, 2.05) is 48.5 Å². The van der Waals surface area contributed by atoms with E-state index in [9.17, 15) is 21.0 Å². The lowest BCUT2D eigenvalue weighted by atomic mass is 9.71. The highest BCUT2D eigenvalue weighted by Gasteiger charge is 2.44. The summed E-state index contributed by atoms with van der Waals surface area (Å²) in [5.74, 6) is -0.00112. The molecule has 0 amide bonds. The van der Waals surface area contributed by atoms with Gasteiger partial charge in [0.25, 0.3) is 0 Å². The van der Waals surface area contributed by atoms with Crippen LogP contribution < -0.4 is 0 Å². The van der Waals surface area contributed by atoms with Crippen molar-refractivity contribution in [3.05, 3.63) is 203 Å². The van der Waals surface area contributed by atoms with Crippen molar-refractivity contribution >= 4 is 27.1 Å². The minimum absolute atomic E-state index is 0.0560. The molecule has 9 aliphatic carbocycles. The third-order valence-corrected chi connectivity index (χ3v) is 15.5. The van der Waals surface area contributed by atoms with Crippen molar-refractivity contribution in [2.75, 3.05) is 0 Å². The maximum Gasteiger partial charge on any atom is 0.100 e. The molecular formula is C56H36N4. The van der Waals surface area contributed by atoms with E-state index in [4.69, 9.17) is 0 Å². The minimum atomic E-state index is -0.189. The van der Waals surface area contributed by atoms with Crippen molar-refractivity contribution in [3.63, 3.8) is 0 Å². The van der Waals surface area contributed by atoms with Crippen LogP contribution in [0.5, 0.6) is 0 Å². The molecule has 4 unspecified atom stereocenters. The Hall–Kier alpha value is -7.24. The van der Waals surface area contributed by atoms with Gasteiger partial charge in [0.1, 0.15) is 24.3 Å². The fraction of sp³-hybridized carbons (Fsp3) is 0.214. The van der Waals surface area contributed by atoms with E-state index < -0.39 is 0 Å². The van der Waals surface area contributed by atoms with Crippen molar-refractivity contribution in [2.24, 2.45) is 5.92 Å². The van der Waals surface area contributed by atoms with Crippen LogP contribution in [0.4, 0.5) is 0 Å². The molecule has 0 saturated carbocycles. The zero-order valence-electron chi connectivity index (χ0n) is 33.0. The second kappa shape index (κ2) is 12.2. The third-order valence-electron chi connectivity index (χ3n) is 15.5. The molecule has 4 nitrogen and oxygen atoms in total. The number of hydrogen-bond acceptors (Lipinski definition) is 4. The Morgan fingerprint density at radius 3 is 1.47 bits per heavy atom. The molecule has 4 heteroatoms. The van der Waals surface area contributed by atoms with Crippen LogP contribution in [0, 0.1) is 51.2 Å². The van der Waals surface area contributed by atoms with Gasteiger partial charge < -0.3 is 0 Å². The van der Waals surface area contributed by atoms with E-state index in [1.54, 1.807) is 0 Å². The van der Waals surface area contributed by atoms with Gasteiger partial charge in [-0.15, -0.1) is 0 Å². The summed E-state index contributed by atoms with van der Waals surface area (Å²) in [7, 11) is 0. The van der Waals surface area contributed by atoms with Crippen LogP contribution in [0.15, 0.2) is 158 Å². The molecule has 4 aromatic rings. The topological polar surface area (TPSA) is 95.2 Å². The van der Waals surface area contributed by atoms with Gasteiger partial charge in [0.15, 0.2) is 0 Å². The highest BCUT2D eigenvalue weighted by Crippen LogP contribution is 2.60. The summed E-state index contributed by atoms with van der Waals surface area (Å²) in [6.45, 7) is 0. The number of benzene rings is 4. The average Bonchev–Trinajstić information content (AvgIpc) is 3.67. The molecule has 8 bridgehead atoms. The Morgan fingerprint density at radius 1 is 0.400 bits per heavy atom. The van der Waals surface area contributed by atoms with Gasteiger partial charge in [0.2, 0.25) is 0 Å². The van der Waals surface area contributed by atoms with Crippen LogP contribution in [-0.2, 0) is 0 Å². The Labute approximate surface area is 349 Å². The average molecular weight is 765 g/mol. The van der Waals surface area contributed by atoms with Crippen molar-refractivity contribution < 1.29 is 0 Å². The summed E-state index contributed by atoms with van der Waals surface area (Å²) in [5.41, 5.74) is 22.4. The summed E-state index contributed by atoms with van der Waals surface area (Å²) >= 11 is 0. The summed E-state index contributed by atoms with van der Waals surface area (Å²) in [6, 6.07) is 26.8. The summed E-state index contributed by atoms with van der Waals surface area (Å²) < 4.78 is 0. The quantitative estimate of drug-likeness (QED) is 0.178. The van der Waals surface area contributed by atoms with Gasteiger partial charge in [-0.2, -0.15) is 21.0 Å². The minimum Gasteiger partial charge on any atom is -0.192 e. The normalized spacial score (nSPS) is 24.7. The predicted molar refractivity (Wildman–Crippen MR) is 234 cm³/mol. The third kappa shape index (κ3) is 4.41. The van der Waals surface area contributed by atoms with Gasteiger partial charge in [-0.1, -0.05) is 119 Å². The van der Waals surface area contributed by atoms with Crippen molar-refractivity contribution in [1.29, 1.82) is 21.0 Å². The molecule has 0 aliphatic heterocycles. The van der Waals surface area contributed by atoms with Crippen LogP contribution in [0.25, 0.3) is 27.1 Å². The monoisotopic (exact) mass is 764 g/mol. The second-order valence-corrected chi connectivity index (χ2v) is 18.2. The first kappa shape index (κ1) is 33.7. The lowest BCUT2D eigenvalue weighted by Gasteiger charge is -2.31. The maximum atomic E-state index is 11.3. The lowest BCUT2D eigenvalue weighted by molar-refractivity contribution is 0.709. The number of nitriles is 4. The zero-order valence-corrected chi connectivity index (χ0v) is 33.0. The molecule has 4 aromatic carbocycles. The van der Waals surface area contributed by atoms with Crippen LogP contribution in [0.1, 0.15) is 114 Å². The van der Waals surface area contributed by atoms with Gasteiger partial charge in [-0.05, 0) is 113 Å². The largest absolute Gasteiger partial charge is 0.192 e. The second-order valence-electron chi connectivity index (χ2n) is 18.2. The summed E-state index contributed by atoms with van der Waals surface area (Å²) in [6.07, 6.45) is 25.9. The van der Waals surface area contributed by atoms with Crippen molar-refractivity contribution in [3.8, 4) is 24.3 Å². The molecule has 0 heterocycles. The number of hydrogen-bond donors (Lipinski definition) is 0. The first-order valence-corrected chi connectivity index (χ1v) is 21.4. The SMILES string of the molecule is N#Cc1c2c(c(C#N)c3ccccc13)C1CC3=C4C=C1CC1=C2CC2C(=C1)CC1=CC5=C(C=CC6CC(=C(C=C6C5)C4)C=C3)CC1c1c2c(C#N)c2ccccc2c1C#N. The van der Waals surface area contributed by atoms with Gasteiger partial charge in [-0.3, -0.25) is 0 Å². The Balaban J connectivity index is 1.18. The van der Waals surface area contributed by atoms with E-state index in [-0.39, 0.29) is 17.8 Å². The predicted octanol–water partition coefficient (Wildman–Crippen LogP) is 12.8. The zero-order chi connectivity index (χ0) is 40.0. The van der Waals surface area contributed by atoms with Crippen LogP contribution in [-0.4, -0.2) is 0 Å². The van der Waals surface area contributed by atoms with E-state index in [1.165, 1.54) is 61.3 Å². The smallest absolute Gasteiger partial charge is 0.100 e. The molecule has 9 aliphatic rings. The van der Waals surface area contributed by atoms with Crippen LogP contribution in [0.3, 0.4) is 0 Å². The van der Waals surface area contributed by atoms with Gasteiger partial charge >= 0.3 is 0 Å². The molecule has 0 radical (unpaired) electrons. The fourth-order valence-corrected chi connectivity index (χ4v) is 12.9. The van der Waals surface area contributed by atoms with E-state index in [0.717, 1.165) is 94.3 Å². The molecule has 280 valence electrons. The molecule has 4 atom stereocenters. The van der Waals surface area contributed by atoms with Crippen LogP contribution in [0.2, 0.25) is 0 Å². The number of allylic oxidation sites excluding steroid dienone is 20. The molecule has 0 fully saturated rings. The Morgan fingerprint density at radius 2 is 0.850 bits per heavy atom. The molecule has 0 aromatic heterocycles. The molecule has 0 spiro atoms. The number of fused-ring (bicyclic) bond motifs is 8. The first-order valence-electron chi connectivity index (χ1n) is 21.4. The maximum absolute atomic E-state index is 11.3. The highest BCUT2D eigenvalue weighted by atomic mass is 14.5. The van der Waals surface area contributed by atoms with Gasteiger partial charge in [0, 0.05) is 50.8 Å². The molecule has 0 saturated heterocycles.